The summed E-state index contributed by atoms with van der Waals surface area (Å²) in [6, 6.07) is 7.95. The zero-order chi connectivity index (χ0) is 16.9. The highest BCUT2D eigenvalue weighted by molar-refractivity contribution is 7.98. The minimum absolute atomic E-state index is 0.119. The van der Waals surface area contributed by atoms with Crippen LogP contribution >= 0.6 is 11.8 Å². The van der Waals surface area contributed by atoms with Gasteiger partial charge in [0.2, 0.25) is 11.8 Å². The average Bonchev–Trinajstić information content (AvgIpc) is 3.20. The van der Waals surface area contributed by atoms with Gasteiger partial charge in [0, 0.05) is 12.1 Å². The van der Waals surface area contributed by atoms with E-state index in [0.717, 1.165) is 29.2 Å². The summed E-state index contributed by atoms with van der Waals surface area (Å²) in [7, 11) is 0. The van der Waals surface area contributed by atoms with Crippen LogP contribution in [-0.2, 0) is 18.9 Å². The molecule has 0 unspecified atom stereocenters. The molecule has 0 saturated carbocycles. The molecule has 0 aliphatic rings. The van der Waals surface area contributed by atoms with Crippen LogP contribution in [0.1, 0.15) is 30.6 Å². The molecule has 24 heavy (non-hydrogen) atoms. The van der Waals surface area contributed by atoms with E-state index in [1.165, 1.54) is 11.8 Å². The molecule has 2 heterocycles. The van der Waals surface area contributed by atoms with Gasteiger partial charge in [0.25, 0.3) is 0 Å². The van der Waals surface area contributed by atoms with Gasteiger partial charge in [0.1, 0.15) is 6.61 Å². The third-order valence-electron chi connectivity index (χ3n) is 3.44. The van der Waals surface area contributed by atoms with E-state index in [4.69, 9.17) is 4.42 Å². The molecule has 2 aromatic heterocycles. The first-order valence-corrected chi connectivity index (χ1v) is 8.75. The lowest BCUT2D eigenvalue weighted by Crippen LogP contribution is -2.04. The van der Waals surface area contributed by atoms with Crippen LogP contribution in [0.25, 0.3) is 11.5 Å². The minimum atomic E-state index is -0.119. The maximum Gasteiger partial charge on any atom is 0.247 e. The highest BCUT2D eigenvalue weighted by Gasteiger charge is 2.14. The Balaban J connectivity index is 1.71. The Labute approximate surface area is 144 Å². The maximum atomic E-state index is 9.32. The quantitative estimate of drug-likeness (QED) is 0.658. The molecule has 0 aliphatic carbocycles. The Hall–Kier alpha value is -2.19. The van der Waals surface area contributed by atoms with Crippen molar-refractivity contribution in [3.05, 3.63) is 41.5 Å². The fourth-order valence-corrected chi connectivity index (χ4v) is 3.14. The summed E-state index contributed by atoms with van der Waals surface area (Å²) < 4.78 is 7.65. The molecule has 3 aromatic rings. The summed E-state index contributed by atoms with van der Waals surface area (Å²) in [5.74, 6) is 2.13. The van der Waals surface area contributed by atoms with Gasteiger partial charge in [-0.2, -0.15) is 0 Å². The summed E-state index contributed by atoms with van der Waals surface area (Å²) >= 11 is 1.47. The van der Waals surface area contributed by atoms with Crippen molar-refractivity contribution < 1.29 is 9.52 Å². The maximum absolute atomic E-state index is 9.32. The predicted octanol–water partition coefficient (Wildman–Crippen LogP) is 2.83. The Morgan fingerprint density at radius 3 is 2.83 bits per heavy atom. The van der Waals surface area contributed by atoms with Gasteiger partial charge in [-0.05, 0) is 25.5 Å². The first kappa shape index (κ1) is 16.7. The van der Waals surface area contributed by atoms with E-state index in [1.807, 2.05) is 35.8 Å². The number of aliphatic hydroxyl groups excluding tert-OH is 1. The molecule has 1 aromatic carbocycles. The van der Waals surface area contributed by atoms with Crippen molar-refractivity contribution in [2.75, 3.05) is 0 Å². The number of aryl methyl sites for hydroxylation is 1. The summed E-state index contributed by atoms with van der Waals surface area (Å²) in [4.78, 5) is 0. The van der Waals surface area contributed by atoms with Crippen molar-refractivity contribution in [2.45, 2.75) is 44.3 Å². The third-order valence-corrected chi connectivity index (χ3v) is 4.39. The van der Waals surface area contributed by atoms with Crippen LogP contribution in [0.4, 0.5) is 0 Å². The van der Waals surface area contributed by atoms with Crippen LogP contribution in [0.3, 0.4) is 0 Å². The first-order chi connectivity index (χ1) is 11.7. The van der Waals surface area contributed by atoms with Gasteiger partial charge in [-0.1, -0.05) is 36.4 Å². The van der Waals surface area contributed by atoms with E-state index in [9.17, 15) is 5.11 Å². The topological polar surface area (TPSA) is 89.9 Å². The van der Waals surface area contributed by atoms with Gasteiger partial charge in [0.15, 0.2) is 11.0 Å². The van der Waals surface area contributed by atoms with Crippen molar-refractivity contribution in [1.29, 1.82) is 0 Å². The lowest BCUT2D eigenvalue weighted by Gasteiger charge is -2.06. The van der Waals surface area contributed by atoms with Crippen LogP contribution < -0.4 is 0 Å². The number of benzene rings is 1. The molecule has 8 heteroatoms. The SMILES string of the molecule is CCCn1c(CO)nnc1SCc1nnc(-c2cccc(C)c2)o1. The summed E-state index contributed by atoms with van der Waals surface area (Å²) in [5, 5.41) is 26.4. The monoisotopic (exact) mass is 345 g/mol. The highest BCUT2D eigenvalue weighted by atomic mass is 32.2. The molecule has 0 aliphatic heterocycles. The van der Waals surface area contributed by atoms with Crippen molar-refractivity contribution in [1.82, 2.24) is 25.0 Å². The molecule has 7 nitrogen and oxygen atoms in total. The van der Waals surface area contributed by atoms with E-state index in [0.29, 0.717) is 23.4 Å². The molecule has 0 atom stereocenters. The average molecular weight is 345 g/mol. The molecule has 0 radical (unpaired) electrons. The second kappa shape index (κ2) is 7.59. The Morgan fingerprint density at radius 2 is 2.08 bits per heavy atom. The largest absolute Gasteiger partial charge is 0.420 e. The molecular formula is C16H19N5O2S. The van der Waals surface area contributed by atoms with Crippen LogP contribution in [0.15, 0.2) is 33.8 Å². The third kappa shape index (κ3) is 3.65. The second-order valence-electron chi connectivity index (χ2n) is 5.37. The number of thioether (sulfide) groups is 1. The summed E-state index contributed by atoms with van der Waals surface area (Å²) in [6.45, 7) is 4.74. The Bertz CT molecular complexity index is 814. The molecule has 1 N–H and O–H groups in total. The van der Waals surface area contributed by atoms with Gasteiger partial charge in [-0.25, -0.2) is 0 Å². The lowest BCUT2D eigenvalue weighted by atomic mass is 10.1. The number of aromatic nitrogens is 5. The molecule has 0 fully saturated rings. The molecule has 0 saturated heterocycles. The molecule has 0 spiro atoms. The number of nitrogens with zero attached hydrogens (tertiary/aromatic N) is 5. The van der Waals surface area contributed by atoms with E-state index in [2.05, 4.69) is 27.3 Å². The first-order valence-electron chi connectivity index (χ1n) is 7.76. The van der Waals surface area contributed by atoms with Crippen LogP contribution in [0, 0.1) is 6.92 Å². The van der Waals surface area contributed by atoms with E-state index in [-0.39, 0.29) is 6.61 Å². The summed E-state index contributed by atoms with van der Waals surface area (Å²) in [5.41, 5.74) is 2.06. The Morgan fingerprint density at radius 1 is 1.21 bits per heavy atom. The van der Waals surface area contributed by atoms with Crippen molar-refractivity contribution in [3.63, 3.8) is 0 Å². The van der Waals surface area contributed by atoms with Crippen molar-refractivity contribution >= 4 is 11.8 Å². The molecule has 126 valence electrons. The smallest absolute Gasteiger partial charge is 0.247 e. The van der Waals surface area contributed by atoms with E-state index < -0.39 is 0 Å². The molecular weight excluding hydrogens is 326 g/mol. The van der Waals surface area contributed by atoms with E-state index >= 15 is 0 Å². The van der Waals surface area contributed by atoms with Crippen LogP contribution in [0.2, 0.25) is 0 Å². The van der Waals surface area contributed by atoms with Gasteiger partial charge in [-0.15, -0.1) is 20.4 Å². The van der Waals surface area contributed by atoms with Gasteiger partial charge in [-0.3, -0.25) is 0 Å². The van der Waals surface area contributed by atoms with Gasteiger partial charge < -0.3 is 14.1 Å². The zero-order valence-electron chi connectivity index (χ0n) is 13.6. The fourth-order valence-electron chi connectivity index (χ4n) is 2.32. The zero-order valence-corrected chi connectivity index (χ0v) is 14.5. The molecule has 3 rings (SSSR count). The van der Waals surface area contributed by atoms with Crippen LogP contribution in [0.5, 0.6) is 0 Å². The number of hydrogen-bond donors (Lipinski definition) is 1. The Kier molecular flexibility index (Phi) is 5.27. The van der Waals surface area contributed by atoms with E-state index in [1.54, 1.807) is 0 Å². The van der Waals surface area contributed by atoms with Crippen molar-refractivity contribution in [2.24, 2.45) is 0 Å². The normalized spacial score (nSPS) is 11.1. The van der Waals surface area contributed by atoms with Gasteiger partial charge in [0.05, 0.1) is 5.75 Å². The highest BCUT2D eigenvalue weighted by Crippen LogP contribution is 2.24. The molecule has 0 amide bonds. The number of hydrogen-bond acceptors (Lipinski definition) is 7. The number of aliphatic hydroxyl groups is 1. The van der Waals surface area contributed by atoms with Crippen molar-refractivity contribution in [3.8, 4) is 11.5 Å². The molecule has 0 bridgehead atoms. The fraction of sp³-hybridized carbons (Fsp3) is 0.375. The predicted molar refractivity (Wildman–Crippen MR) is 90.3 cm³/mol. The number of rotatable bonds is 7. The van der Waals surface area contributed by atoms with Crippen LogP contribution in [-0.4, -0.2) is 30.1 Å². The standard InChI is InChI=1S/C16H19N5O2S/c1-3-7-21-13(9-22)17-20-16(21)24-10-14-18-19-15(23-14)12-6-4-5-11(2)8-12/h4-6,8,22H,3,7,9-10H2,1-2H3. The summed E-state index contributed by atoms with van der Waals surface area (Å²) in [6.07, 6.45) is 0.941. The lowest BCUT2D eigenvalue weighted by molar-refractivity contribution is 0.263. The van der Waals surface area contributed by atoms with Gasteiger partial charge >= 0.3 is 0 Å². The minimum Gasteiger partial charge on any atom is -0.420 e. The second-order valence-corrected chi connectivity index (χ2v) is 6.31.